The minimum atomic E-state index is -0.642. The largest absolute Gasteiger partial charge is 0.496 e. The molecule has 0 aliphatic heterocycles. The highest BCUT2D eigenvalue weighted by molar-refractivity contribution is 5.40. The van der Waals surface area contributed by atoms with Gasteiger partial charge in [-0.3, -0.25) is 0 Å². The van der Waals surface area contributed by atoms with Gasteiger partial charge in [0.25, 0.3) is 0 Å². The van der Waals surface area contributed by atoms with Crippen molar-refractivity contribution >= 4 is 0 Å². The quantitative estimate of drug-likeness (QED) is 0.885. The van der Waals surface area contributed by atoms with Crippen molar-refractivity contribution in [3.05, 3.63) is 64.7 Å². The highest BCUT2D eigenvalue weighted by atomic mass is 16.5. The summed E-state index contributed by atoms with van der Waals surface area (Å²) in [5.41, 5.74) is 9.35. The van der Waals surface area contributed by atoms with Crippen molar-refractivity contribution in [1.29, 1.82) is 0 Å². The van der Waals surface area contributed by atoms with Crippen LogP contribution in [0, 0.1) is 6.92 Å². The molecule has 0 heterocycles. The fraction of sp³-hybridized carbons (Fsp3) is 0.250. The van der Waals surface area contributed by atoms with Crippen molar-refractivity contribution in [2.45, 2.75) is 19.6 Å². The minimum absolute atomic E-state index is 0.474. The van der Waals surface area contributed by atoms with Crippen LogP contribution in [0.4, 0.5) is 0 Å². The maximum atomic E-state index is 10.4. The van der Waals surface area contributed by atoms with Gasteiger partial charge in [0.2, 0.25) is 0 Å². The molecule has 0 saturated carbocycles. The van der Waals surface area contributed by atoms with Crippen LogP contribution in [-0.4, -0.2) is 12.2 Å². The Bertz CT molecular complexity index is 566. The summed E-state index contributed by atoms with van der Waals surface area (Å²) in [7, 11) is 1.64. The molecule has 0 bridgehead atoms. The lowest BCUT2D eigenvalue weighted by Gasteiger charge is -2.14. The van der Waals surface area contributed by atoms with Crippen LogP contribution in [0.25, 0.3) is 0 Å². The molecular weight excluding hydrogens is 238 g/mol. The van der Waals surface area contributed by atoms with E-state index >= 15 is 0 Å². The van der Waals surface area contributed by atoms with E-state index in [-0.39, 0.29) is 0 Å². The predicted molar refractivity (Wildman–Crippen MR) is 76.1 cm³/mol. The molecular formula is C16H19NO2. The lowest BCUT2D eigenvalue weighted by molar-refractivity contribution is 0.220. The van der Waals surface area contributed by atoms with Gasteiger partial charge in [0, 0.05) is 6.54 Å². The van der Waals surface area contributed by atoms with Gasteiger partial charge in [-0.2, -0.15) is 0 Å². The van der Waals surface area contributed by atoms with Gasteiger partial charge in [0.15, 0.2) is 0 Å². The first-order valence-electron chi connectivity index (χ1n) is 6.27. The Morgan fingerprint density at radius 1 is 1.16 bits per heavy atom. The Labute approximate surface area is 113 Å². The Morgan fingerprint density at radius 2 is 1.89 bits per heavy atom. The molecule has 0 aliphatic carbocycles. The number of aliphatic hydroxyl groups is 1. The van der Waals surface area contributed by atoms with Crippen molar-refractivity contribution < 1.29 is 9.84 Å². The number of aryl methyl sites for hydroxylation is 1. The molecule has 3 N–H and O–H groups in total. The van der Waals surface area contributed by atoms with E-state index in [1.54, 1.807) is 7.11 Å². The summed E-state index contributed by atoms with van der Waals surface area (Å²) in [6, 6.07) is 13.4. The lowest BCUT2D eigenvalue weighted by atomic mass is 9.98. The molecule has 2 aromatic carbocycles. The Morgan fingerprint density at radius 3 is 2.53 bits per heavy atom. The van der Waals surface area contributed by atoms with Crippen molar-refractivity contribution in [3.63, 3.8) is 0 Å². The van der Waals surface area contributed by atoms with E-state index in [0.29, 0.717) is 6.54 Å². The Kier molecular flexibility index (Phi) is 4.20. The maximum absolute atomic E-state index is 10.4. The lowest BCUT2D eigenvalue weighted by Crippen LogP contribution is -2.03. The summed E-state index contributed by atoms with van der Waals surface area (Å²) in [4.78, 5) is 0. The highest BCUT2D eigenvalue weighted by Gasteiger charge is 2.12. The van der Waals surface area contributed by atoms with E-state index in [4.69, 9.17) is 10.5 Å². The number of benzene rings is 2. The van der Waals surface area contributed by atoms with Gasteiger partial charge in [0.1, 0.15) is 11.9 Å². The molecule has 0 amide bonds. The summed E-state index contributed by atoms with van der Waals surface area (Å²) in [6.07, 6.45) is -0.642. The van der Waals surface area contributed by atoms with E-state index in [1.165, 1.54) is 0 Å². The number of aliphatic hydroxyl groups excluding tert-OH is 1. The zero-order valence-corrected chi connectivity index (χ0v) is 11.3. The first kappa shape index (κ1) is 13.6. The SMILES string of the molecule is COc1ccc(C(O)c2cccc(CN)c2)cc1C. The normalized spacial score (nSPS) is 12.2. The monoisotopic (exact) mass is 257 g/mol. The van der Waals surface area contributed by atoms with Crippen molar-refractivity contribution in [1.82, 2.24) is 0 Å². The summed E-state index contributed by atoms with van der Waals surface area (Å²) in [5.74, 6) is 0.826. The number of nitrogens with two attached hydrogens (primary N) is 1. The molecule has 0 fully saturated rings. The third-order valence-electron chi connectivity index (χ3n) is 3.24. The molecule has 100 valence electrons. The average Bonchev–Trinajstić information content (AvgIpc) is 2.46. The molecule has 19 heavy (non-hydrogen) atoms. The minimum Gasteiger partial charge on any atom is -0.496 e. The van der Waals surface area contributed by atoms with E-state index in [0.717, 1.165) is 28.0 Å². The highest BCUT2D eigenvalue weighted by Crippen LogP contribution is 2.27. The van der Waals surface area contributed by atoms with Gasteiger partial charge in [0.05, 0.1) is 7.11 Å². The number of rotatable bonds is 4. The van der Waals surface area contributed by atoms with Gasteiger partial charge >= 0.3 is 0 Å². The van der Waals surface area contributed by atoms with Gasteiger partial charge in [-0.15, -0.1) is 0 Å². The summed E-state index contributed by atoms with van der Waals surface area (Å²) in [5, 5.41) is 10.4. The van der Waals surface area contributed by atoms with Gasteiger partial charge in [-0.25, -0.2) is 0 Å². The van der Waals surface area contributed by atoms with Crippen molar-refractivity contribution in [2.24, 2.45) is 5.73 Å². The second-order valence-electron chi connectivity index (χ2n) is 4.58. The molecule has 0 saturated heterocycles. The van der Waals surface area contributed by atoms with Crippen LogP contribution in [0.15, 0.2) is 42.5 Å². The zero-order chi connectivity index (χ0) is 13.8. The van der Waals surface area contributed by atoms with Gasteiger partial charge in [-0.1, -0.05) is 30.3 Å². The van der Waals surface area contributed by atoms with Crippen molar-refractivity contribution in [3.8, 4) is 5.75 Å². The number of methoxy groups -OCH3 is 1. The molecule has 0 spiro atoms. The molecule has 1 unspecified atom stereocenters. The molecule has 0 aromatic heterocycles. The van der Waals surface area contributed by atoms with Gasteiger partial charge in [-0.05, 0) is 41.3 Å². The van der Waals surface area contributed by atoms with Crippen LogP contribution in [0.3, 0.4) is 0 Å². The van der Waals surface area contributed by atoms with Crippen molar-refractivity contribution in [2.75, 3.05) is 7.11 Å². The fourth-order valence-corrected chi connectivity index (χ4v) is 2.15. The molecule has 1 atom stereocenters. The molecule has 0 radical (unpaired) electrons. The van der Waals surface area contributed by atoms with Crippen LogP contribution in [-0.2, 0) is 6.54 Å². The fourth-order valence-electron chi connectivity index (χ4n) is 2.15. The second kappa shape index (κ2) is 5.87. The third kappa shape index (κ3) is 2.95. The van der Waals surface area contributed by atoms with E-state index in [1.807, 2.05) is 49.4 Å². The topological polar surface area (TPSA) is 55.5 Å². The molecule has 3 nitrogen and oxygen atoms in total. The van der Waals surface area contributed by atoms with E-state index in [9.17, 15) is 5.11 Å². The zero-order valence-electron chi connectivity index (χ0n) is 11.3. The number of hydrogen-bond donors (Lipinski definition) is 2. The Balaban J connectivity index is 2.32. The standard InChI is InChI=1S/C16H19NO2/c1-11-8-14(6-7-15(11)19-2)16(18)13-5-3-4-12(9-13)10-17/h3-9,16,18H,10,17H2,1-2H3. The van der Waals surface area contributed by atoms with E-state index in [2.05, 4.69) is 0 Å². The summed E-state index contributed by atoms with van der Waals surface area (Å²) >= 11 is 0. The van der Waals surface area contributed by atoms with E-state index < -0.39 is 6.10 Å². The Hall–Kier alpha value is -1.84. The number of hydrogen-bond acceptors (Lipinski definition) is 3. The smallest absolute Gasteiger partial charge is 0.121 e. The average molecular weight is 257 g/mol. The van der Waals surface area contributed by atoms with Gasteiger partial charge < -0.3 is 15.6 Å². The second-order valence-corrected chi connectivity index (χ2v) is 4.58. The maximum Gasteiger partial charge on any atom is 0.121 e. The van der Waals surface area contributed by atoms with Crippen LogP contribution in [0.1, 0.15) is 28.4 Å². The van der Waals surface area contributed by atoms with Crippen LogP contribution in [0.2, 0.25) is 0 Å². The molecule has 2 rings (SSSR count). The van der Waals surface area contributed by atoms with Crippen LogP contribution in [0.5, 0.6) is 5.75 Å². The summed E-state index contributed by atoms with van der Waals surface area (Å²) in [6.45, 7) is 2.44. The van der Waals surface area contributed by atoms with Crippen LogP contribution >= 0.6 is 0 Å². The molecule has 3 heteroatoms. The molecule has 0 aliphatic rings. The molecule has 2 aromatic rings. The number of ether oxygens (including phenoxy) is 1. The predicted octanol–water partition coefficient (Wildman–Crippen LogP) is 2.54. The van der Waals surface area contributed by atoms with Crippen LogP contribution < -0.4 is 10.5 Å². The summed E-state index contributed by atoms with van der Waals surface area (Å²) < 4.78 is 5.22. The third-order valence-corrected chi connectivity index (χ3v) is 3.24. The first-order chi connectivity index (χ1) is 9.15. The first-order valence-corrected chi connectivity index (χ1v) is 6.27.